The Bertz CT molecular complexity index is 2800. The Morgan fingerprint density at radius 3 is 2.16 bits per heavy atom. The van der Waals surface area contributed by atoms with Gasteiger partial charge in [0, 0.05) is 32.5 Å². The zero-order valence-corrected chi connectivity index (χ0v) is 28.1. The van der Waals surface area contributed by atoms with Crippen molar-refractivity contribution in [1.82, 2.24) is 0 Å². The monoisotopic (exact) mass is 657 g/mol. The zero-order valence-electron chi connectivity index (χ0n) is 27.3. The molecule has 7 aromatic carbocycles. The minimum atomic E-state index is -0.595. The maximum Gasteiger partial charge on any atom is 0.140 e. The second-order valence-corrected chi connectivity index (χ2v) is 14.0. The second-order valence-electron chi connectivity index (χ2n) is 12.9. The van der Waals surface area contributed by atoms with Gasteiger partial charge in [-0.3, -0.25) is 0 Å². The van der Waals surface area contributed by atoms with E-state index >= 15 is 0 Å². The van der Waals surface area contributed by atoms with E-state index < -0.39 is 5.41 Å². The summed E-state index contributed by atoms with van der Waals surface area (Å²) < 4.78 is 9.20. The average Bonchev–Trinajstić information content (AvgIpc) is 3.67. The number of hydrogen-bond donors (Lipinski definition) is 0. The maximum atomic E-state index is 6.88. The van der Waals surface area contributed by atoms with Gasteiger partial charge in [-0.15, -0.1) is 11.3 Å². The van der Waals surface area contributed by atoms with Crippen LogP contribution in [0, 0.1) is 0 Å². The van der Waals surface area contributed by atoms with Crippen molar-refractivity contribution in [3.63, 3.8) is 0 Å². The molecule has 0 saturated heterocycles. The summed E-state index contributed by atoms with van der Waals surface area (Å²) in [5, 5.41) is 4.46. The van der Waals surface area contributed by atoms with E-state index in [1.807, 2.05) is 6.08 Å². The molecule has 0 saturated carbocycles. The first-order chi connectivity index (χ1) is 24.7. The minimum Gasteiger partial charge on any atom is -0.456 e. The van der Waals surface area contributed by atoms with Gasteiger partial charge in [0.05, 0.1) is 21.3 Å². The molecule has 1 aromatic heterocycles. The number of anilines is 2. The lowest BCUT2D eigenvalue weighted by Crippen LogP contribution is -2.32. The highest BCUT2D eigenvalue weighted by Crippen LogP contribution is 2.64. The molecule has 8 aromatic rings. The third-order valence-corrected chi connectivity index (χ3v) is 11.7. The van der Waals surface area contributed by atoms with Crippen molar-refractivity contribution in [1.29, 1.82) is 0 Å². The standard InChI is InChI=1S/C47H31NOS/c1-3-40(46-30(2)33-19-10-14-27-43(33)50-46)48(32-17-5-4-6-18-32)41-25-15-24-38-44(41)35-21-9-11-22-36(35)47(38)37-23-12-13-26-42(37)49-45-34-20-8-7-16-31(34)28-29-39(45)47/h3-29H,1-2H2/b46-40-. The van der Waals surface area contributed by atoms with Gasteiger partial charge >= 0.3 is 0 Å². The molecule has 10 rings (SSSR count). The van der Waals surface area contributed by atoms with Gasteiger partial charge in [0.2, 0.25) is 0 Å². The largest absolute Gasteiger partial charge is 0.456 e. The molecule has 0 bridgehead atoms. The SMILES string of the molecule is C=C/C(=c1/sc2ccccc2c1=C)N(c1ccccc1)c1cccc2c1-c1ccccc1C21c2ccccc2Oc2c1ccc1ccccc21. The first kappa shape index (κ1) is 28.8. The summed E-state index contributed by atoms with van der Waals surface area (Å²) in [6.07, 6.45) is 1.99. The van der Waals surface area contributed by atoms with E-state index in [4.69, 9.17) is 4.74 Å². The van der Waals surface area contributed by atoms with Crippen LogP contribution in [0.25, 0.3) is 44.3 Å². The Morgan fingerprint density at radius 2 is 1.32 bits per heavy atom. The van der Waals surface area contributed by atoms with Crippen molar-refractivity contribution in [2.75, 3.05) is 4.90 Å². The van der Waals surface area contributed by atoms with E-state index in [1.165, 1.54) is 32.3 Å². The van der Waals surface area contributed by atoms with E-state index in [9.17, 15) is 0 Å². The molecule has 1 aliphatic carbocycles. The molecular weight excluding hydrogens is 627 g/mol. The van der Waals surface area contributed by atoms with Crippen LogP contribution in [0.5, 0.6) is 11.5 Å². The molecule has 236 valence electrons. The van der Waals surface area contributed by atoms with Gasteiger partial charge in [-0.1, -0.05) is 141 Å². The van der Waals surface area contributed by atoms with Gasteiger partial charge in [0.25, 0.3) is 0 Å². The number of hydrogen-bond acceptors (Lipinski definition) is 3. The Balaban J connectivity index is 1.35. The van der Waals surface area contributed by atoms with Crippen LogP contribution in [-0.4, -0.2) is 0 Å². The fourth-order valence-electron chi connectivity index (χ4n) is 8.42. The number of para-hydroxylation sites is 2. The minimum absolute atomic E-state index is 0.595. The van der Waals surface area contributed by atoms with E-state index in [0.29, 0.717) is 0 Å². The normalized spacial score (nSPS) is 15.9. The summed E-state index contributed by atoms with van der Waals surface area (Å²) in [6, 6.07) is 56.5. The molecule has 0 fully saturated rings. The molecule has 2 heterocycles. The first-order valence-corrected chi connectivity index (χ1v) is 17.7. The molecule has 50 heavy (non-hydrogen) atoms. The van der Waals surface area contributed by atoms with Crippen LogP contribution in [0.15, 0.2) is 170 Å². The van der Waals surface area contributed by atoms with Crippen LogP contribution in [0.3, 0.4) is 0 Å². The lowest BCUT2D eigenvalue weighted by Gasteiger charge is -2.40. The molecule has 1 unspecified atom stereocenters. The van der Waals surface area contributed by atoms with Gasteiger partial charge in [-0.2, -0.15) is 0 Å². The predicted octanol–water partition coefficient (Wildman–Crippen LogP) is 11.1. The van der Waals surface area contributed by atoms with Gasteiger partial charge in [-0.25, -0.2) is 0 Å². The lowest BCUT2D eigenvalue weighted by atomic mass is 9.65. The van der Waals surface area contributed by atoms with Crippen LogP contribution in [0.2, 0.25) is 0 Å². The zero-order chi connectivity index (χ0) is 33.4. The molecule has 0 N–H and O–H groups in total. The Morgan fingerprint density at radius 1 is 0.620 bits per heavy atom. The van der Waals surface area contributed by atoms with Crippen molar-refractivity contribution in [3.05, 3.63) is 202 Å². The highest BCUT2D eigenvalue weighted by molar-refractivity contribution is 7.17. The summed E-state index contributed by atoms with van der Waals surface area (Å²) in [4.78, 5) is 2.38. The summed E-state index contributed by atoms with van der Waals surface area (Å²) in [5.41, 5.74) is 9.77. The van der Waals surface area contributed by atoms with Crippen molar-refractivity contribution in [2.45, 2.75) is 5.41 Å². The molecule has 0 radical (unpaired) electrons. The molecular formula is C47H31NOS. The van der Waals surface area contributed by atoms with Crippen LogP contribution in [0.1, 0.15) is 22.3 Å². The van der Waals surface area contributed by atoms with Crippen LogP contribution >= 0.6 is 11.3 Å². The van der Waals surface area contributed by atoms with Gasteiger partial charge in [0.15, 0.2) is 0 Å². The van der Waals surface area contributed by atoms with Crippen molar-refractivity contribution < 1.29 is 4.74 Å². The third-order valence-electron chi connectivity index (χ3n) is 10.5. The van der Waals surface area contributed by atoms with Crippen LogP contribution < -0.4 is 19.4 Å². The smallest absolute Gasteiger partial charge is 0.140 e. The van der Waals surface area contributed by atoms with Gasteiger partial charge in [0.1, 0.15) is 11.5 Å². The number of nitrogens with zero attached hydrogens (tertiary/aromatic N) is 1. The van der Waals surface area contributed by atoms with E-state index in [-0.39, 0.29) is 0 Å². The molecule has 1 aliphatic heterocycles. The molecule has 0 amide bonds. The first-order valence-electron chi connectivity index (χ1n) is 16.9. The Hall–Kier alpha value is -6.16. The van der Waals surface area contributed by atoms with E-state index in [1.54, 1.807) is 11.3 Å². The highest BCUT2D eigenvalue weighted by atomic mass is 32.1. The summed E-state index contributed by atoms with van der Waals surface area (Å²) in [7, 11) is 0. The molecule has 3 heteroatoms. The van der Waals surface area contributed by atoms with Gasteiger partial charge < -0.3 is 9.64 Å². The second kappa shape index (κ2) is 10.9. The molecule has 2 aliphatic rings. The summed E-state index contributed by atoms with van der Waals surface area (Å²) >= 11 is 1.77. The van der Waals surface area contributed by atoms with Crippen LogP contribution in [0.4, 0.5) is 11.4 Å². The fourth-order valence-corrected chi connectivity index (χ4v) is 9.60. The molecule has 2 nitrogen and oxygen atoms in total. The van der Waals surface area contributed by atoms with Crippen molar-refractivity contribution in [2.24, 2.45) is 0 Å². The average molecular weight is 658 g/mol. The molecule has 1 atom stereocenters. The number of ether oxygens (including phenoxy) is 1. The topological polar surface area (TPSA) is 12.5 Å². The maximum absolute atomic E-state index is 6.88. The number of fused-ring (bicyclic) bond motifs is 12. The van der Waals surface area contributed by atoms with E-state index in [2.05, 4.69) is 176 Å². The van der Waals surface area contributed by atoms with Crippen molar-refractivity contribution >= 4 is 55.8 Å². The summed E-state index contributed by atoms with van der Waals surface area (Å²) in [6.45, 7) is 9.01. The van der Waals surface area contributed by atoms with Crippen molar-refractivity contribution in [3.8, 4) is 22.6 Å². The number of benzene rings is 7. The molecule has 1 spiro atoms. The van der Waals surface area contributed by atoms with Crippen LogP contribution in [-0.2, 0) is 5.41 Å². The summed E-state index contributed by atoms with van der Waals surface area (Å²) in [5.74, 6) is 1.80. The number of rotatable bonds is 4. The van der Waals surface area contributed by atoms with E-state index in [0.717, 1.165) is 60.2 Å². The fraction of sp³-hybridized carbons (Fsp3) is 0.0213. The quantitative estimate of drug-likeness (QED) is 0.187. The Labute approximate surface area is 294 Å². The van der Waals surface area contributed by atoms with Gasteiger partial charge in [-0.05, 0) is 69.1 Å². The highest BCUT2D eigenvalue weighted by Gasteiger charge is 2.52. The third kappa shape index (κ3) is 3.84. The lowest BCUT2D eigenvalue weighted by molar-refractivity contribution is 0.441. The Kier molecular flexibility index (Phi) is 6.30. The number of thiophene rings is 1. The predicted molar refractivity (Wildman–Crippen MR) is 210 cm³/mol.